The maximum absolute atomic E-state index is 13.0. The van der Waals surface area contributed by atoms with Crippen molar-refractivity contribution in [2.24, 2.45) is 0 Å². The second-order valence-corrected chi connectivity index (χ2v) is 7.58. The van der Waals surface area contributed by atoms with E-state index in [9.17, 15) is 9.59 Å². The minimum atomic E-state index is -0.552. The Balaban J connectivity index is 2.05. The van der Waals surface area contributed by atoms with Crippen molar-refractivity contribution in [1.29, 1.82) is 0 Å². The number of thioether (sulfide) groups is 1. The Morgan fingerprint density at radius 2 is 1.89 bits per heavy atom. The molecule has 0 aliphatic carbocycles. The highest BCUT2D eigenvalue weighted by Crippen LogP contribution is 2.40. The molecule has 0 spiro atoms. The van der Waals surface area contributed by atoms with Crippen molar-refractivity contribution >= 4 is 39.7 Å². The summed E-state index contributed by atoms with van der Waals surface area (Å²) in [6.07, 6.45) is 1.60. The molecular formula is C18H19N3O5S2. The molecule has 2 aromatic heterocycles. The summed E-state index contributed by atoms with van der Waals surface area (Å²) >= 11 is 2.69. The van der Waals surface area contributed by atoms with Gasteiger partial charge < -0.3 is 19.5 Å². The third kappa shape index (κ3) is 3.65. The van der Waals surface area contributed by atoms with Gasteiger partial charge in [-0.1, -0.05) is 6.92 Å². The van der Waals surface area contributed by atoms with E-state index in [1.54, 1.807) is 23.7 Å². The maximum Gasteiger partial charge on any atom is 0.272 e. The molecule has 0 aliphatic rings. The van der Waals surface area contributed by atoms with Crippen LogP contribution in [0.15, 0.2) is 33.5 Å². The molecule has 0 bridgehead atoms. The molecule has 0 radical (unpaired) electrons. The number of methoxy groups -OCH3 is 3. The Bertz CT molecular complexity index is 1050. The number of hydrogen-bond acceptors (Lipinski definition) is 8. The van der Waals surface area contributed by atoms with E-state index < -0.39 is 11.5 Å². The van der Waals surface area contributed by atoms with Gasteiger partial charge in [-0.2, -0.15) is 0 Å². The van der Waals surface area contributed by atoms with E-state index >= 15 is 0 Å². The smallest absolute Gasteiger partial charge is 0.272 e. The summed E-state index contributed by atoms with van der Waals surface area (Å²) in [5.74, 6) is 1.32. The fourth-order valence-electron chi connectivity index (χ4n) is 2.64. The molecule has 0 saturated carbocycles. The fraction of sp³-hybridized carbons (Fsp3) is 0.278. The highest BCUT2D eigenvalue weighted by atomic mass is 32.2. The summed E-state index contributed by atoms with van der Waals surface area (Å²) in [7, 11) is 4.47. The summed E-state index contributed by atoms with van der Waals surface area (Å²) in [6.45, 7) is 1.93. The number of amides is 1. The van der Waals surface area contributed by atoms with Crippen LogP contribution in [-0.2, 0) is 0 Å². The molecule has 0 fully saturated rings. The van der Waals surface area contributed by atoms with Gasteiger partial charge in [-0.05, 0) is 5.75 Å². The lowest BCUT2D eigenvalue weighted by molar-refractivity contribution is 0.102. The SMILES string of the molecule is CCSc1nc2sccn2c(=O)c1C(=O)Nc1cc(OC)c(OC)c(OC)c1. The van der Waals surface area contributed by atoms with E-state index in [-0.39, 0.29) is 5.56 Å². The highest BCUT2D eigenvalue weighted by molar-refractivity contribution is 7.99. The number of aromatic nitrogens is 2. The Hall–Kier alpha value is -2.72. The third-order valence-corrected chi connectivity index (χ3v) is 5.48. The average Bonchev–Trinajstić information content (AvgIpc) is 3.16. The van der Waals surface area contributed by atoms with E-state index in [1.165, 1.54) is 48.8 Å². The van der Waals surface area contributed by atoms with Crippen LogP contribution in [0.5, 0.6) is 17.2 Å². The molecule has 0 saturated heterocycles. The van der Waals surface area contributed by atoms with Crippen LogP contribution < -0.4 is 25.1 Å². The predicted octanol–water partition coefficient (Wildman–Crippen LogP) is 3.15. The molecule has 1 aromatic carbocycles. The second kappa shape index (κ2) is 8.53. The first-order valence-electron chi connectivity index (χ1n) is 8.28. The molecule has 0 unspecified atom stereocenters. The van der Waals surface area contributed by atoms with Crippen molar-refractivity contribution < 1.29 is 19.0 Å². The average molecular weight is 422 g/mol. The van der Waals surface area contributed by atoms with Crippen LogP contribution in [0.2, 0.25) is 0 Å². The van der Waals surface area contributed by atoms with Crippen molar-refractivity contribution in [1.82, 2.24) is 9.38 Å². The van der Waals surface area contributed by atoms with Crippen LogP contribution in [0, 0.1) is 0 Å². The molecule has 0 aliphatic heterocycles. The molecular weight excluding hydrogens is 402 g/mol. The van der Waals surface area contributed by atoms with E-state index in [2.05, 4.69) is 10.3 Å². The third-order valence-electron chi connectivity index (χ3n) is 3.86. The normalized spacial score (nSPS) is 10.7. The van der Waals surface area contributed by atoms with Crippen LogP contribution in [0.25, 0.3) is 4.96 Å². The van der Waals surface area contributed by atoms with Gasteiger partial charge in [0.15, 0.2) is 16.5 Å². The lowest BCUT2D eigenvalue weighted by atomic mass is 10.2. The van der Waals surface area contributed by atoms with E-state index in [0.717, 1.165) is 0 Å². The number of fused-ring (bicyclic) bond motifs is 1. The Labute approximate surface area is 169 Å². The minimum Gasteiger partial charge on any atom is -0.493 e. The number of benzene rings is 1. The monoisotopic (exact) mass is 421 g/mol. The number of carbonyl (C=O) groups excluding carboxylic acids is 1. The second-order valence-electron chi connectivity index (χ2n) is 5.45. The number of carbonyl (C=O) groups is 1. The van der Waals surface area contributed by atoms with Gasteiger partial charge in [-0.3, -0.25) is 14.0 Å². The quantitative estimate of drug-likeness (QED) is 0.463. The van der Waals surface area contributed by atoms with E-state index in [1.807, 2.05) is 6.92 Å². The molecule has 3 rings (SSSR count). The summed E-state index contributed by atoms with van der Waals surface area (Å²) in [6, 6.07) is 3.19. The molecule has 1 N–H and O–H groups in total. The van der Waals surface area contributed by atoms with Gasteiger partial charge >= 0.3 is 0 Å². The van der Waals surface area contributed by atoms with Crippen molar-refractivity contribution in [3.05, 3.63) is 39.6 Å². The Kier molecular flexibility index (Phi) is 6.10. The number of anilines is 1. The van der Waals surface area contributed by atoms with Crippen LogP contribution in [0.4, 0.5) is 5.69 Å². The van der Waals surface area contributed by atoms with Crippen LogP contribution >= 0.6 is 23.1 Å². The predicted molar refractivity (Wildman–Crippen MR) is 110 cm³/mol. The zero-order valence-electron chi connectivity index (χ0n) is 15.8. The van der Waals surface area contributed by atoms with Gasteiger partial charge in [0, 0.05) is 29.4 Å². The first kappa shape index (κ1) is 20.0. The van der Waals surface area contributed by atoms with Crippen molar-refractivity contribution in [3.8, 4) is 17.2 Å². The standard InChI is InChI=1S/C18H19N3O5S2/c1-5-27-16-13(17(23)21-6-7-28-18(21)20-16)15(22)19-10-8-11(24-2)14(26-4)12(9-10)25-3/h6-9H,5H2,1-4H3,(H,19,22). The Morgan fingerprint density at radius 1 is 1.21 bits per heavy atom. The molecule has 28 heavy (non-hydrogen) atoms. The molecule has 2 heterocycles. The molecule has 0 atom stereocenters. The zero-order chi connectivity index (χ0) is 20.3. The molecule has 8 nitrogen and oxygen atoms in total. The van der Waals surface area contributed by atoms with Gasteiger partial charge in [-0.25, -0.2) is 4.98 Å². The summed E-state index contributed by atoms with van der Waals surface area (Å²) in [5.41, 5.74) is -0.00888. The number of nitrogens with one attached hydrogen (secondary N) is 1. The summed E-state index contributed by atoms with van der Waals surface area (Å²) < 4.78 is 17.3. The van der Waals surface area contributed by atoms with Crippen molar-refractivity contribution in [2.75, 3.05) is 32.4 Å². The summed E-state index contributed by atoms with van der Waals surface area (Å²) in [5, 5.41) is 4.90. The molecule has 3 aromatic rings. The van der Waals surface area contributed by atoms with Gasteiger partial charge in [0.1, 0.15) is 10.6 Å². The maximum atomic E-state index is 13.0. The lowest BCUT2D eigenvalue weighted by Gasteiger charge is -2.15. The van der Waals surface area contributed by atoms with Crippen LogP contribution in [-0.4, -0.2) is 42.4 Å². The van der Waals surface area contributed by atoms with Crippen LogP contribution in [0.3, 0.4) is 0 Å². The van der Waals surface area contributed by atoms with Crippen LogP contribution in [0.1, 0.15) is 17.3 Å². The van der Waals surface area contributed by atoms with Gasteiger partial charge in [0.05, 0.1) is 21.3 Å². The fourth-order valence-corrected chi connectivity index (χ4v) is 4.16. The molecule has 1 amide bonds. The minimum absolute atomic E-state index is 0.00324. The number of thiazole rings is 1. The largest absolute Gasteiger partial charge is 0.493 e. The lowest BCUT2D eigenvalue weighted by Crippen LogP contribution is -2.27. The summed E-state index contributed by atoms with van der Waals surface area (Å²) in [4.78, 5) is 30.8. The highest BCUT2D eigenvalue weighted by Gasteiger charge is 2.22. The van der Waals surface area contributed by atoms with Crippen molar-refractivity contribution in [2.45, 2.75) is 11.9 Å². The van der Waals surface area contributed by atoms with Gasteiger partial charge in [0.25, 0.3) is 11.5 Å². The number of hydrogen-bond donors (Lipinski definition) is 1. The number of rotatable bonds is 7. The number of ether oxygens (including phenoxy) is 3. The molecule has 10 heteroatoms. The van der Waals surface area contributed by atoms with E-state index in [4.69, 9.17) is 14.2 Å². The van der Waals surface area contributed by atoms with E-state index in [0.29, 0.717) is 38.7 Å². The number of nitrogens with zero attached hydrogens (tertiary/aromatic N) is 2. The first-order chi connectivity index (χ1) is 13.5. The van der Waals surface area contributed by atoms with Crippen molar-refractivity contribution in [3.63, 3.8) is 0 Å². The molecule has 148 valence electrons. The zero-order valence-corrected chi connectivity index (χ0v) is 17.4. The van der Waals surface area contributed by atoms with Gasteiger partial charge in [-0.15, -0.1) is 23.1 Å². The topological polar surface area (TPSA) is 91.2 Å². The van der Waals surface area contributed by atoms with Gasteiger partial charge in [0.2, 0.25) is 5.75 Å². The first-order valence-corrected chi connectivity index (χ1v) is 10.1. The Morgan fingerprint density at radius 3 is 2.46 bits per heavy atom.